The normalized spacial score (nSPS) is 12.4. The number of nitrogen functional groups attached to an aromatic ring is 1. The molecule has 1 amide bonds. The minimum atomic E-state index is -0.264. The van der Waals surface area contributed by atoms with Gasteiger partial charge in [0.1, 0.15) is 6.73 Å². The first-order valence-corrected chi connectivity index (χ1v) is 14.0. The molecule has 3 N–H and O–H groups in total. The summed E-state index contributed by atoms with van der Waals surface area (Å²) in [6, 6.07) is 6.79. The molecule has 39 heavy (non-hydrogen) atoms. The van der Waals surface area contributed by atoms with E-state index in [4.69, 9.17) is 10.5 Å². The fourth-order valence-electron chi connectivity index (χ4n) is 3.30. The van der Waals surface area contributed by atoms with Crippen LogP contribution in [0.15, 0.2) is 97.2 Å². The molecule has 0 aliphatic heterocycles. The van der Waals surface area contributed by atoms with Crippen LogP contribution >= 0.6 is 0 Å². The molecule has 1 rings (SSSR count). The number of hydrogen-bond donors (Lipinski definition) is 2. The van der Waals surface area contributed by atoms with E-state index in [2.05, 4.69) is 73.0 Å². The molecule has 0 atom stereocenters. The van der Waals surface area contributed by atoms with Crippen molar-refractivity contribution >= 4 is 17.6 Å². The molecule has 0 saturated carbocycles. The summed E-state index contributed by atoms with van der Waals surface area (Å²) in [5.74, 6) is -0.417. The summed E-state index contributed by atoms with van der Waals surface area (Å²) >= 11 is 0. The van der Waals surface area contributed by atoms with Crippen molar-refractivity contribution in [1.82, 2.24) is 10.2 Å². The number of likely N-dealkylation sites (N-methyl/N-ethyl adjacent to an activating group) is 1. The number of nitrogens with one attached hydrogen (secondary N) is 1. The number of allylic oxidation sites excluding steroid dienone is 11. The Morgan fingerprint density at radius 2 is 1.26 bits per heavy atom. The van der Waals surface area contributed by atoms with E-state index in [0.717, 1.165) is 38.5 Å². The lowest BCUT2D eigenvalue weighted by Gasteiger charge is -2.20. The Kier molecular flexibility index (Phi) is 20.1. The second-order valence-electron chi connectivity index (χ2n) is 8.85. The van der Waals surface area contributed by atoms with E-state index >= 15 is 0 Å². The van der Waals surface area contributed by atoms with Crippen LogP contribution < -0.4 is 11.1 Å². The van der Waals surface area contributed by atoms with Gasteiger partial charge in [-0.1, -0.05) is 86.8 Å². The summed E-state index contributed by atoms with van der Waals surface area (Å²) in [6.45, 7) is 6.10. The first-order chi connectivity index (χ1) is 19.1. The molecule has 0 saturated heterocycles. The Morgan fingerprint density at radius 1 is 0.769 bits per heavy atom. The molecule has 212 valence electrons. The zero-order chi connectivity index (χ0) is 28.4. The molecule has 0 aliphatic rings. The fourth-order valence-corrected chi connectivity index (χ4v) is 3.30. The zero-order valence-electron chi connectivity index (χ0n) is 23.8. The van der Waals surface area contributed by atoms with Crippen molar-refractivity contribution in [1.29, 1.82) is 0 Å². The van der Waals surface area contributed by atoms with Gasteiger partial charge < -0.3 is 15.8 Å². The largest absolute Gasteiger partial charge is 0.449 e. The van der Waals surface area contributed by atoms with E-state index in [1.54, 1.807) is 24.3 Å². The minimum Gasteiger partial charge on any atom is -0.449 e. The second-order valence-corrected chi connectivity index (χ2v) is 8.85. The summed E-state index contributed by atoms with van der Waals surface area (Å²) in [5, 5.41) is 2.87. The second kappa shape index (κ2) is 23.5. The molecular weight excluding hydrogens is 486 g/mol. The lowest BCUT2D eigenvalue weighted by molar-refractivity contribution is -0.147. The van der Waals surface area contributed by atoms with Gasteiger partial charge in [-0.2, -0.15) is 0 Å². The maximum absolute atomic E-state index is 12.2. The van der Waals surface area contributed by atoms with E-state index in [-0.39, 0.29) is 25.0 Å². The van der Waals surface area contributed by atoms with Crippen LogP contribution in [0.3, 0.4) is 0 Å². The summed E-state index contributed by atoms with van der Waals surface area (Å²) in [6.07, 6.45) is 31.5. The van der Waals surface area contributed by atoms with E-state index in [1.807, 2.05) is 24.0 Å². The monoisotopic (exact) mass is 533 g/mol. The number of amides is 1. The average Bonchev–Trinajstić information content (AvgIpc) is 2.94. The van der Waals surface area contributed by atoms with Crippen molar-refractivity contribution in [3.8, 4) is 0 Å². The van der Waals surface area contributed by atoms with Crippen LogP contribution in [-0.4, -0.2) is 43.1 Å². The Balaban J connectivity index is 2.08. The van der Waals surface area contributed by atoms with Gasteiger partial charge in [-0.05, 0) is 69.3 Å². The number of carbonyl (C=O) groups is 2. The molecule has 0 aromatic heterocycles. The van der Waals surface area contributed by atoms with Gasteiger partial charge >= 0.3 is 5.97 Å². The van der Waals surface area contributed by atoms with Crippen LogP contribution in [0.5, 0.6) is 0 Å². The van der Waals surface area contributed by atoms with Gasteiger partial charge in [-0.3, -0.25) is 14.5 Å². The van der Waals surface area contributed by atoms with Crippen LogP contribution in [0.4, 0.5) is 5.69 Å². The zero-order valence-corrected chi connectivity index (χ0v) is 23.8. The smallest absolute Gasteiger partial charge is 0.310 e. The van der Waals surface area contributed by atoms with Crippen LogP contribution in [0.25, 0.3) is 0 Å². The van der Waals surface area contributed by atoms with Gasteiger partial charge in [0.2, 0.25) is 0 Å². The quantitative estimate of drug-likeness (QED) is 0.0823. The van der Waals surface area contributed by atoms with Gasteiger partial charge in [0, 0.05) is 24.3 Å². The lowest BCUT2D eigenvalue weighted by Crippen LogP contribution is -2.36. The number of rotatable bonds is 20. The summed E-state index contributed by atoms with van der Waals surface area (Å²) in [5.41, 5.74) is 6.83. The number of carbonyl (C=O) groups excluding carboxylic acids is 2. The molecular formula is C33H47N3O3. The number of benzene rings is 1. The molecule has 0 heterocycles. The first kappa shape index (κ1) is 33.4. The molecule has 0 radical (unpaired) electrons. The van der Waals surface area contributed by atoms with E-state index in [0.29, 0.717) is 30.9 Å². The molecule has 1 aromatic carbocycles. The number of anilines is 1. The fraction of sp³-hybridized carbons (Fsp3) is 0.394. The third-order valence-electron chi connectivity index (χ3n) is 5.62. The van der Waals surface area contributed by atoms with Crippen molar-refractivity contribution in [3.05, 3.63) is 103 Å². The van der Waals surface area contributed by atoms with Crippen molar-refractivity contribution in [3.63, 3.8) is 0 Å². The number of nitrogens with zero attached hydrogens (tertiary/aromatic N) is 1. The van der Waals surface area contributed by atoms with Crippen LogP contribution in [0.2, 0.25) is 0 Å². The number of esters is 1. The van der Waals surface area contributed by atoms with E-state index in [9.17, 15) is 9.59 Å². The van der Waals surface area contributed by atoms with Gasteiger partial charge in [-0.15, -0.1) is 0 Å². The highest BCUT2D eigenvalue weighted by atomic mass is 16.5. The Hall–Kier alpha value is -3.64. The Bertz CT molecular complexity index is 972. The van der Waals surface area contributed by atoms with Crippen LogP contribution in [-0.2, 0) is 9.53 Å². The van der Waals surface area contributed by atoms with E-state index in [1.165, 1.54) is 0 Å². The van der Waals surface area contributed by atoms with Gasteiger partial charge in [0.15, 0.2) is 0 Å². The molecule has 6 heteroatoms. The molecule has 0 bridgehead atoms. The standard InChI is InChI=1S/C33H47N3O3/c1-3-5-6-7-8-9-10-11-12-13-14-15-16-17-18-19-20-21-22-32(37)39-29-36(4-2)28-27-35-33(38)30-23-25-31(34)26-24-30/h5-6,8-9,11-12,14-15,17-18,20-21,23-26H,3-4,7,10,13,16,19,22,27-29,34H2,1-2H3,(H,35,38)/b6-5-,9-8-,12-11-,15-14-,18-17-,21-20-. The van der Waals surface area contributed by atoms with Crippen molar-refractivity contribution in [2.75, 3.05) is 32.1 Å². The molecule has 0 fully saturated rings. The van der Waals surface area contributed by atoms with Gasteiger partial charge in [0.25, 0.3) is 5.91 Å². The van der Waals surface area contributed by atoms with Crippen LogP contribution in [0, 0.1) is 0 Å². The van der Waals surface area contributed by atoms with Gasteiger partial charge in [-0.25, -0.2) is 0 Å². The van der Waals surface area contributed by atoms with E-state index < -0.39 is 0 Å². The predicted octanol–water partition coefficient (Wildman–Crippen LogP) is 6.91. The van der Waals surface area contributed by atoms with Crippen molar-refractivity contribution in [2.45, 2.75) is 58.8 Å². The summed E-state index contributed by atoms with van der Waals surface area (Å²) in [7, 11) is 0. The molecule has 0 spiro atoms. The SMILES string of the molecule is CC/C=C\C/C=C\C/C=C\C/C=C\C/C=C\C/C=C\CC(=O)OCN(CC)CCNC(=O)c1ccc(N)cc1. The minimum absolute atomic E-state index is 0.152. The molecule has 0 aliphatic carbocycles. The molecule has 0 unspecified atom stereocenters. The maximum atomic E-state index is 12.2. The highest BCUT2D eigenvalue weighted by Crippen LogP contribution is 2.05. The van der Waals surface area contributed by atoms with Crippen molar-refractivity contribution < 1.29 is 14.3 Å². The summed E-state index contributed by atoms with van der Waals surface area (Å²) in [4.78, 5) is 26.1. The third-order valence-corrected chi connectivity index (χ3v) is 5.62. The Morgan fingerprint density at radius 3 is 1.74 bits per heavy atom. The molecule has 6 nitrogen and oxygen atoms in total. The number of nitrogens with two attached hydrogens (primary N) is 1. The summed E-state index contributed by atoms with van der Waals surface area (Å²) < 4.78 is 5.35. The predicted molar refractivity (Wildman–Crippen MR) is 164 cm³/mol. The topological polar surface area (TPSA) is 84.7 Å². The van der Waals surface area contributed by atoms with Crippen LogP contribution in [0.1, 0.15) is 69.2 Å². The molecule has 1 aromatic rings. The maximum Gasteiger partial charge on any atom is 0.310 e. The first-order valence-electron chi connectivity index (χ1n) is 14.0. The highest BCUT2D eigenvalue weighted by Gasteiger charge is 2.08. The lowest BCUT2D eigenvalue weighted by atomic mass is 10.2. The van der Waals surface area contributed by atoms with Crippen molar-refractivity contribution in [2.24, 2.45) is 0 Å². The number of hydrogen-bond acceptors (Lipinski definition) is 5. The Labute approximate surface area is 235 Å². The van der Waals surface area contributed by atoms with Gasteiger partial charge in [0.05, 0.1) is 6.42 Å². The third kappa shape index (κ3) is 19.1. The number of ether oxygens (including phenoxy) is 1. The average molecular weight is 534 g/mol. The highest BCUT2D eigenvalue weighted by molar-refractivity contribution is 5.94.